The zero-order valence-electron chi connectivity index (χ0n) is 12.9. The van der Waals surface area contributed by atoms with Crippen LogP contribution in [0.4, 0.5) is 5.69 Å². The van der Waals surface area contributed by atoms with Crippen LogP contribution >= 0.6 is 0 Å². The Morgan fingerprint density at radius 2 is 2.08 bits per heavy atom. The number of anilines is 1. The van der Waals surface area contributed by atoms with Gasteiger partial charge >= 0.3 is 5.97 Å². The van der Waals surface area contributed by atoms with E-state index in [9.17, 15) is 9.59 Å². The highest BCUT2D eigenvalue weighted by Gasteiger charge is 2.10. The van der Waals surface area contributed by atoms with E-state index in [0.717, 1.165) is 5.76 Å². The molecule has 7 nitrogen and oxygen atoms in total. The first-order chi connectivity index (χ1) is 11.5. The molecular weight excluding hydrogens is 310 g/mol. The van der Waals surface area contributed by atoms with Gasteiger partial charge in [0.25, 0.3) is 0 Å². The normalized spacial score (nSPS) is 10.5. The van der Waals surface area contributed by atoms with Gasteiger partial charge < -0.3 is 14.8 Å². The second-order valence-electron chi connectivity index (χ2n) is 5.24. The molecule has 0 saturated heterocycles. The Labute approximate surface area is 137 Å². The number of nitrogens with one attached hydrogen (secondary N) is 1. The molecule has 3 rings (SSSR count). The number of aromatic nitrogens is 2. The van der Waals surface area contributed by atoms with E-state index >= 15 is 0 Å². The van der Waals surface area contributed by atoms with Crippen LogP contribution in [-0.4, -0.2) is 26.8 Å². The van der Waals surface area contributed by atoms with Gasteiger partial charge in [-0.3, -0.25) is 4.79 Å². The number of carboxylic acid groups (broad SMARTS) is 1. The van der Waals surface area contributed by atoms with Gasteiger partial charge in [-0.2, -0.15) is 5.10 Å². The van der Waals surface area contributed by atoms with Gasteiger partial charge in [-0.25, -0.2) is 9.48 Å². The molecule has 0 aliphatic heterocycles. The SMILES string of the molecule is Cc1ccc(CC(=O)Nc2cccc(-n3ccc(C(=O)O)n3)c2)o1. The van der Waals surface area contributed by atoms with Crippen molar-refractivity contribution in [3.05, 3.63) is 65.9 Å². The highest BCUT2D eigenvalue weighted by molar-refractivity contribution is 5.92. The van der Waals surface area contributed by atoms with Crippen molar-refractivity contribution in [2.45, 2.75) is 13.3 Å². The maximum Gasteiger partial charge on any atom is 0.356 e. The summed E-state index contributed by atoms with van der Waals surface area (Å²) in [6.45, 7) is 1.82. The van der Waals surface area contributed by atoms with E-state index in [1.807, 2.05) is 6.92 Å². The number of carbonyl (C=O) groups is 2. The Morgan fingerprint density at radius 3 is 2.75 bits per heavy atom. The molecule has 7 heteroatoms. The van der Waals surface area contributed by atoms with Crippen molar-refractivity contribution in [3.8, 4) is 5.69 Å². The lowest BCUT2D eigenvalue weighted by Crippen LogP contribution is -2.14. The number of hydrogen-bond donors (Lipinski definition) is 2. The minimum atomic E-state index is -1.09. The lowest BCUT2D eigenvalue weighted by Gasteiger charge is -2.07. The van der Waals surface area contributed by atoms with Crippen molar-refractivity contribution in [1.29, 1.82) is 0 Å². The number of carbonyl (C=O) groups excluding carboxylic acids is 1. The minimum absolute atomic E-state index is 0.0439. The molecule has 2 heterocycles. The summed E-state index contributed by atoms with van der Waals surface area (Å²) in [5, 5.41) is 15.7. The molecule has 0 unspecified atom stereocenters. The van der Waals surface area contributed by atoms with E-state index in [-0.39, 0.29) is 18.0 Å². The molecule has 0 fully saturated rings. The smallest absolute Gasteiger partial charge is 0.356 e. The molecular formula is C17H15N3O4. The largest absolute Gasteiger partial charge is 0.476 e. The van der Waals surface area contributed by atoms with Gasteiger partial charge in [0, 0.05) is 11.9 Å². The van der Waals surface area contributed by atoms with Crippen LogP contribution < -0.4 is 5.32 Å². The van der Waals surface area contributed by atoms with Crippen molar-refractivity contribution in [1.82, 2.24) is 9.78 Å². The van der Waals surface area contributed by atoms with Gasteiger partial charge in [0.1, 0.15) is 11.5 Å². The minimum Gasteiger partial charge on any atom is -0.476 e. The van der Waals surface area contributed by atoms with Crippen LogP contribution in [0.15, 0.2) is 53.1 Å². The van der Waals surface area contributed by atoms with Crippen molar-refractivity contribution in [2.75, 3.05) is 5.32 Å². The summed E-state index contributed by atoms with van der Waals surface area (Å²) in [7, 11) is 0. The molecule has 0 aliphatic rings. The molecule has 24 heavy (non-hydrogen) atoms. The van der Waals surface area contributed by atoms with Crippen LogP contribution in [0.3, 0.4) is 0 Å². The summed E-state index contributed by atoms with van der Waals surface area (Å²) in [5.41, 5.74) is 1.19. The second-order valence-corrected chi connectivity index (χ2v) is 5.24. The van der Waals surface area contributed by atoms with Crippen molar-refractivity contribution < 1.29 is 19.1 Å². The Morgan fingerprint density at radius 1 is 1.25 bits per heavy atom. The van der Waals surface area contributed by atoms with Gasteiger partial charge in [0.05, 0.1) is 12.1 Å². The van der Waals surface area contributed by atoms with E-state index in [2.05, 4.69) is 10.4 Å². The third-order valence-electron chi connectivity index (χ3n) is 3.33. The number of aryl methyl sites for hydroxylation is 1. The summed E-state index contributed by atoms with van der Waals surface area (Å²) >= 11 is 0. The van der Waals surface area contributed by atoms with E-state index in [0.29, 0.717) is 17.1 Å². The van der Waals surface area contributed by atoms with Gasteiger partial charge in [0.15, 0.2) is 5.69 Å². The van der Waals surface area contributed by atoms with E-state index in [1.54, 1.807) is 42.6 Å². The predicted molar refractivity (Wildman–Crippen MR) is 86.3 cm³/mol. The van der Waals surface area contributed by atoms with Crippen LogP contribution in [0.1, 0.15) is 22.0 Å². The van der Waals surface area contributed by atoms with Crippen LogP contribution in [0.5, 0.6) is 0 Å². The van der Waals surface area contributed by atoms with Gasteiger partial charge in [-0.1, -0.05) is 6.07 Å². The number of aromatic carboxylic acids is 1. The number of amides is 1. The van der Waals surface area contributed by atoms with Gasteiger partial charge in [0.2, 0.25) is 5.91 Å². The third-order valence-corrected chi connectivity index (χ3v) is 3.33. The lowest BCUT2D eigenvalue weighted by molar-refractivity contribution is -0.115. The summed E-state index contributed by atoms with van der Waals surface area (Å²) in [5.74, 6) is 0.0622. The molecule has 0 saturated carbocycles. The first-order valence-electron chi connectivity index (χ1n) is 7.26. The quantitative estimate of drug-likeness (QED) is 0.751. The lowest BCUT2D eigenvalue weighted by atomic mass is 10.2. The number of hydrogen-bond acceptors (Lipinski definition) is 4. The van der Waals surface area contributed by atoms with Crippen molar-refractivity contribution in [3.63, 3.8) is 0 Å². The fraction of sp³-hybridized carbons (Fsp3) is 0.118. The van der Waals surface area contributed by atoms with Crippen molar-refractivity contribution in [2.24, 2.45) is 0 Å². The summed E-state index contributed by atoms with van der Waals surface area (Å²) < 4.78 is 6.82. The Kier molecular flexibility index (Phi) is 4.15. The standard InChI is InChI=1S/C17H15N3O4/c1-11-5-6-14(24-11)10-16(21)18-12-3-2-4-13(9-12)20-8-7-15(19-20)17(22)23/h2-9H,10H2,1H3,(H,18,21)(H,22,23). The molecule has 122 valence electrons. The fourth-order valence-electron chi connectivity index (χ4n) is 2.25. The molecule has 2 N–H and O–H groups in total. The van der Waals surface area contributed by atoms with Crippen molar-refractivity contribution >= 4 is 17.6 Å². The first kappa shape index (κ1) is 15.5. The Bertz CT molecular complexity index is 895. The highest BCUT2D eigenvalue weighted by Crippen LogP contribution is 2.15. The average Bonchev–Trinajstić information content (AvgIpc) is 3.17. The first-order valence-corrected chi connectivity index (χ1v) is 7.26. The zero-order chi connectivity index (χ0) is 17.1. The number of rotatable bonds is 5. The average molecular weight is 325 g/mol. The van der Waals surface area contributed by atoms with Crippen LogP contribution in [0, 0.1) is 6.92 Å². The maximum absolute atomic E-state index is 12.1. The fourth-order valence-corrected chi connectivity index (χ4v) is 2.25. The molecule has 0 spiro atoms. The third kappa shape index (κ3) is 3.52. The molecule has 0 aliphatic carbocycles. The number of furan rings is 1. The molecule has 0 atom stereocenters. The van der Waals surface area contributed by atoms with Gasteiger partial charge in [-0.15, -0.1) is 0 Å². The summed E-state index contributed by atoms with van der Waals surface area (Å²) in [6, 6.07) is 12.0. The number of benzene rings is 1. The van der Waals surface area contributed by atoms with E-state index in [4.69, 9.17) is 9.52 Å². The Balaban J connectivity index is 1.72. The molecule has 0 radical (unpaired) electrons. The van der Waals surface area contributed by atoms with Crippen LogP contribution in [0.2, 0.25) is 0 Å². The van der Waals surface area contributed by atoms with Crippen LogP contribution in [0.25, 0.3) is 5.69 Å². The number of nitrogens with zero attached hydrogens (tertiary/aromatic N) is 2. The predicted octanol–water partition coefficient (Wildman–Crippen LogP) is 2.65. The van der Waals surface area contributed by atoms with Crippen LogP contribution in [-0.2, 0) is 11.2 Å². The summed E-state index contributed by atoms with van der Waals surface area (Å²) in [6.07, 6.45) is 1.69. The van der Waals surface area contributed by atoms with Gasteiger partial charge in [-0.05, 0) is 43.3 Å². The topological polar surface area (TPSA) is 97.4 Å². The summed E-state index contributed by atoms with van der Waals surface area (Å²) in [4.78, 5) is 23.0. The highest BCUT2D eigenvalue weighted by atomic mass is 16.4. The maximum atomic E-state index is 12.1. The molecule has 0 bridgehead atoms. The molecule has 1 aromatic carbocycles. The molecule has 2 aromatic heterocycles. The van der Waals surface area contributed by atoms with E-state index < -0.39 is 5.97 Å². The number of carboxylic acids is 1. The second kappa shape index (κ2) is 6.41. The van der Waals surface area contributed by atoms with E-state index in [1.165, 1.54) is 10.7 Å². The molecule has 3 aromatic rings. The monoisotopic (exact) mass is 325 g/mol. The molecule has 1 amide bonds. The zero-order valence-corrected chi connectivity index (χ0v) is 12.9. The Hall–Kier alpha value is -3.35.